The van der Waals surface area contributed by atoms with Gasteiger partial charge in [0.15, 0.2) is 5.75 Å². The highest BCUT2D eigenvalue weighted by Crippen LogP contribution is 2.39. The van der Waals surface area contributed by atoms with Crippen LogP contribution in [0.1, 0.15) is 5.56 Å². The average molecular weight is 395 g/mol. The van der Waals surface area contributed by atoms with Gasteiger partial charge in [-0.1, -0.05) is 30.9 Å². The summed E-state index contributed by atoms with van der Waals surface area (Å²) in [4.78, 5) is 35.8. The summed E-state index contributed by atoms with van der Waals surface area (Å²) in [5.41, 5.74) is 2.69. The molecule has 2 amide bonds. The number of hydrogen-bond acceptors (Lipinski definition) is 6. The Morgan fingerprint density at radius 3 is 2.59 bits per heavy atom. The molecule has 0 saturated carbocycles. The van der Waals surface area contributed by atoms with Gasteiger partial charge in [-0.3, -0.25) is 25.1 Å². The van der Waals surface area contributed by atoms with Gasteiger partial charge in [-0.2, -0.15) is 0 Å². The van der Waals surface area contributed by atoms with Crippen molar-refractivity contribution in [3.05, 3.63) is 76.4 Å². The minimum absolute atomic E-state index is 0.0462. The van der Waals surface area contributed by atoms with Gasteiger partial charge < -0.3 is 9.47 Å². The van der Waals surface area contributed by atoms with E-state index in [0.717, 1.165) is 5.01 Å². The maximum absolute atomic E-state index is 12.7. The van der Waals surface area contributed by atoms with Crippen molar-refractivity contribution in [1.29, 1.82) is 0 Å². The van der Waals surface area contributed by atoms with Crippen LogP contribution < -0.4 is 19.9 Å². The van der Waals surface area contributed by atoms with Gasteiger partial charge in [-0.05, 0) is 29.8 Å². The summed E-state index contributed by atoms with van der Waals surface area (Å²) in [7, 11) is 1.33. The number of methoxy groups -OCH3 is 1. The summed E-state index contributed by atoms with van der Waals surface area (Å²) in [6.07, 6.45) is 2.71. The molecule has 0 unspecified atom stereocenters. The Kier molecular flexibility index (Phi) is 5.59. The molecule has 1 N–H and O–H groups in total. The zero-order chi connectivity index (χ0) is 21.0. The molecule has 29 heavy (non-hydrogen) atoms. The Balaban J connectivity index is 2.02. The quantitative estimate of drug-likeness (QED) is 0.254. The minimum atomic E-state index is -0.629. The molecule has 1 aliphatic rings. The number of rotatable bonds is 7. The van der Waals surface area contributed by atoms with Gasteiger partial charge in [0.1, 0.15) is 12.2 Å². The number of nitro benzene ring substituents is 1. The van der Waals surface area contributed by atoms with Crippen molar-refractivity contribution in [3.63, 3.8) is 0 Å². The Hall–Kier alpha value is -4.14. The molecule has 2 aromatic rings. The molecule has 0 atom stereocenters. The van der Waals surface area contributed by atoms with Crippen LogP contribution in [0.3, 0.4) is 0 Å². The summed E-state index contributed by atoms with van der Waals surface area (Å²) >= 11 is 0. The third kappa shape index (κ3) is 3.93. The Morgan fingerprint density at radius 2 is 1.97 bits per heavy atom. The van der Waals surface area contributed by atoms with E-state index in [-0.39, 0.29) is 34.9 Å². The molecule has 9 heteroatoms. The van der Waals surface area contributed by atoms with Crippen LogP contribution in [-0.4, -0.2) is 30.5 Å². The highest BCUT2D eigenvalue weighted by Gasteiger charge is 2.34. The topological polar surface area (TPSA) is 111 Å². The van der Waals surface area contributed by atoms with Gasteiger partial charge in [0.05, 0.1) is 17.7 Å². The van der Waals surface area contributed by atoms with E-state index in [1.165, 1.54) is 31.4 Å². The van der Waals surface area contributed by atoms with Crippen LogP contribution in [0.25, 0.3) is 6.08 Å². The Bertz CT molecular complexity index is 1020. The van der Waals surface area contributed by atoms with Gasteiger partial charge in [0.2, 0.25) is 5.75 Å². The summed E-state index contributed by atoms with van der Waals surface area (Å²) in [5, 5.41) is 12.6. The molecular weight excluding hydrogens is 378 g/mol. The third-order valence-electron chi connectivity index (χ3n) is 4.04. The normalized spacial score (nSPS) is 14.7. The monoisotopic (exact) mass is 395 g/mol. The SMILES string of the molecule is C=CCOc1c(OC)cc(/C=C2/C(=O)NN(c3ccccc3)C2=O)cc1[N+](=O)[O-]. The number of benzene rings is 2. The fourth-order valence-electron chi connectivity index (χ4n) is 2.75. The molecule has 1 saturated heterocycles. The van der Waals surface area contributed by atoms with Gasteiger partial charge in [0, 0.05) is 6.07 Å². The maximum Gasteiger partial charge on any atom is 0.315 e. The molecule has 1 fully saturated rings. The van der Waals surface area contributed by atoms with E-state index in [1.807, 2.05) is 0 Å². The summed E-state index contributed by atoms with van der Waals surface area (Å²) in [6, 6.07) is 11.2. The summed E-state index contributed by atoms with van der Waals surface area (Å²) in [6.45, 7) is 3.55. The molecule has 148 valence electrons. The first-order chi connectivity index (χ1) is 14.0. The van der Waals surface area contributed by atoms with Crippen molar-refractivity contribution in [2.24, 2.45) is 0 Å². The van der Waals surface area contributed by atoms with Crippen LogP contribution in [0.5, 0.6) is 11.5 Å². The Labute approximate surface area is 166 Å². The van der Waals surface area contributed by atoms with E-state index in [0.29, 0.717) is 5.69 Å². The number of para-hydroxylation sites is 1. The van der Waals surface area contributed by atoms with Gasteiger partial charge in [-0.25, -0.2) is 5.01 Å². The average Bonchev–Trinajstić information content (AvgIpc) is 3.00. The smallest absolute Gasteiger partial charge is 0.315 e. The van der Waals surface area contributed by atoms with E-state index < -0.39 is 16.7 Å². The molecule has 0 aliphatic carbocycles. The molecule has 2 aromatic carbocycles. The van der Waals surface area contributed by atoms with Crippen LogP contribution in [0, 0.1) is 10.1 Å². The number of nitro groups is 1. The molecule has 0 radical (unpaired) electrons. The lowest BCUT2D eigenvalue weighted by Crippen LogP contribution is -2.35. The molecule has 1 heterocycles. The van der Waals surface area contributed by atoms with Crippen LogP contribution in [0.4, 0.5) is 11.4 Å². The number of anilines is 1. The van der Waals surface area contributed by atoms with Crippen LogP contribution in [-0.2, 0) is 9.59 Å². The van der Waals surface area contributed by atoms with E-state index in [2.05, 4.69) is 12.0 Å². The predicted octanol–water partition coefficient (Wildman–Crippen LogP) is 2.63. The summed E-state index contributed by atoms with van der Waals surface area (Å²) in [5.74, 6) is -1.16. The first-order valence-corrected chi connectivity index (χ1v) is 8.48. The van der Waals surface area contributed by atoms with Crippen molar-refractivity contribution in [1.82, 2.24) is 5.43 Å². The summed E-state index contributed by atoms with van der Waals surface area (Å²) < 4.78 is 10.5. The second kappa shape index (κ2) is 8.26. The lowest BCUT2D eigenvalue weighted by atomic mass is 10.1. The van der Waals surface area contributed by atoms with Crippen molar-refractivity contribution in [2.75, 3.05) is 18.7 Å². The number of amides is 2. The number of carbonyl (C=O) groups excluding carboxylic acids is 2. The van der Waals surface area contributed by atoms with E-state index >= 15 is 0 Å². The predicted molar refractivity (Wildman–Crippen MR) is 105 cm³/mol. The maximum atomic E-state index is 12.7. The van der Waals surface area contributed by atoms with E-state index in [4.69, 9.17) is 9.47 Å². The standard InChI is InChI=1S/C20H17N3O6/c1-3-9-29-18-16(23(26)27)11-13(12-17(18)28-2)10-15-19(24)21-22(20(15)25)14-7-5-4-6-8-14/h3-8,10-12H,1,9H2,2H3,(H,21,24)/b15-10-. The first kappa shape index (κ1) is 19.6. The molecule has 0 spiro atoms. The van der Waals surface area contributed by atoms with Crippen LogP contribution in [0.15, 0.2) is 60.7 Å². The van der Waals surface area contributed by atoms with Gasteiger partial charge in [-0.15, -0.1) is 0 Å². The molecule has 1 aliphatic heterocycles. The fraction of sp³-hybridized carbons (Fsp3) is 0.100. The van der Waals surface area contributed by atoms with Crippen molar-refractivity contribution >= 4 is 29.3 Å². The van der Waals surface area contributed by atoms with E-state index in [9.17, 15) is 19.7 Å². The highest BCUT2D eigenvalue weighted by atomic mass is 16.6. The number of hydrazine groups is 1. The highest BCUT2D eigenvalue weighted by molar-refractivity contribution is 6.31. The van der Waals surface area contributed by atoms with Crippen LogP contribution >= 0.6 is 0 Å². The molecule has 3 rings (SSSR count). The number of carbonyl (C=O) groups is 2. The van der Waals surface area contributed by atoms with Gasteiger partial charge >= 0.3 is 5.69 Å². The van der Waals surface area contributed by atoms with Gasteiger partial charge in [0.25, 0.3) is 11.8 Å². The van der Waals surface area contributed by atoms with E-state index in [1.54, 1.807) is 30.3 Å². The second-order valence-corrected chi connectivity index (χ2v) is 5.90. The third-order valence-corrected chi connectivity index (χ3v) is 4.04. The molecular formula is C20H17N3O6. The zero-order valence-electron chi connectivity index (χ0n) is 15.5. The Morgan fingerprint density at radius 1 is 1.24 bits per heavy atom. The van der Waals surface area contributed by atoms with Crippen molar-refractivity contribution < 1.29 is 24.0 Å². The lowest BCUT2D eigenvalue weighted by Gasteiger charge is -2.14. The lowest BCUT2D eigenvalue weighted by molar-refractivity contribution is -0.385. The first-order valence-electron chi connectivity index (χ1n) is 8.48. The fourth-order valence-corrected chi connectivity index (χ4v) is 2.75. The van der Waals surface area contributed by atoms with Crippen LogP contribution in [0.2, 0.25) is 0 Å². The molecule has 0 bridgehead atoms. The largest absolute Gasteiger partial charge is 0.493 e. The molecule has 0 aromatic heterocycles. The number of nitrogens with zero attached hydrogens (tertiary/aromatic N) is 2. The number of nitrogens with one attached hydrogen (secondary N) is 1. The number of ether oxygens (including phenoxy) is 2. The number of hydrogen-bond donors (Lipinski definition) is 1. The van der Waals surface area contributed by atoms with Crippen molar-refractivity contribution in [2.45, 2.75) is 0 Å². The van der Waals surface area contributed by atoms with Crippen molar-refractivity contribution in [3.8, 4) is 11.5 Å². The minimum Gasteiger partial charge on any atom is -0.493 e. The second-order valence-electron chi connectivity index (χ2n) is 5.90. The molecule has 9 nitrogen and oxygen atoms in total. The zero-order valence-corrected chi connectivity index (χ0v) is 15.5.